The summed E-state index contributed by atoms with van der Waals surface area (Å²) in [7, 11) is 1.63. The van der Waals surface area contributed by atoms with E-state index in [1.54, 1.807) is 7.11 Å². The Bertz CT molecular complexity index is 377. The Labute approximate surface area is 109 Å². The summed E-state index contributed by atoms with van der Waals surface area (Å²) in [6.07, 6.45) is 2.95. The zero-order valence-electron chi connectivity index (χ0n) is 11.5. The van der Waals surface area contributed by atoms with Gasteiger partial charge in [0.05, 0.1) is 13.2 Å². The minimum atomic E-state index is 0.207. The van der Waals surface area contributed by atoms with Gasteiger partial charge in [0, 0.05) is 31.4 Å². The number of aromatic nitrogens is 1. The number of methoxy groups -OCH3 is 1. The molecule has 1 aliphatic rings. The smallest absolute Gasteiger partial charge is 0.212 e. The quantitative estimate of drug-likeness (QED) is 0.884. The highest BCUT2D eigenvalue weighted by Crippen LogP contribution is 2.31. The predicted octanol–water partition coefficient (Wildman–Crippen LogP) is 1.82. The van der Waals surface area contributed by atoms with Crippen LogP contribution < -0.4 is 10.5 Å². The molecule has 0 radical (unpaired) electrons. The van der Waals surface area contributed by atoms with Crippen LogP contribution in [0.25, 0.3) is 0 Å². The fraction of sp³-hybridized carbons (Fsp3) is 0.643. The lowest BCUT2D eigenvalue weighted by atomic mass is 10.0. The van der Waals surface area contributed by atoms with Gasteiger partial charge in [0.2, 0.25) is 5.88 Å². The third-order valence-electron chi connectivity index (χ3n) is 3.46. The van der Waals surface area contributed by atoms with Gasteiger partial charge in [0.1, 0.15) is 0 Å². The van der Waals surface area contributed by atoms with E-state index in [1.807, 2.05) is 12.3 Å². The molecule has 2 unspecified atom stereocenters. The number of ether oxygens (including phenoxy) is 1. The minimum absolute atomic E-state index is 0.207. The molecule has 1 aromatic heterocycles. The lowest BCUT2D eigenvalue weighted by Gasteiger charge is -2.28. The lowest BCUT2D eigenvalue weighted by Crippen LogP contribution is -2.34. The summed E-state index contributed by atoms with van der Waals surface area (Å²) in [4.78, 5) is 6.76. The van der Waals surface area contributed by atoms with Gasteiger partial charge in [-0.25, -0.2) is 4.98 Å². The average molecular weight is 249 g/mol. The predicted molar refractivity (Wildman–Crippen MR) is 72.5 cm³/mol. The Kier molecular flexibility index (Phi) is 4.19. The highest BCUT2D eigenvalue weighted by molar-refractivity contribution is 5.23. The molecule has 18 heavy (non-hydrogen) atoms. The van der Waals surface area contributed by atoms with Crippen molar-refractivity contribution in [1.82, 2.24) is 9.88 Å². The molecule has 0 saturated carbocycles. The maximum absolute atomic E-state index is 6.25. The van der Waals surface area contributed by atoms with E-state index in [9.17, 15) is 0 Å². The highest BCUT2D eigenvalue weighted by atomic mass is 16.5. The van der Waals surface area contributed by atoms with Gasteiger partial charge in [-0.1, -0.05) is 19.9 Å². The molecule has 100 valence electrons. The summed E-state index contributed by atoms with van der Waals surface area (Å²) in [5.41, 5.74) is 7.44. The number of hydrogen-bond acceptors (Lipinski definition) is 4. The van der Waals surface area contributed by atoms with E-state index in [-0.39, 0.29) is 6.04 Å². The highest BCUT2D eigenvalue weighted by Gasteiger charge is 2.33. The van der Waals surface area contributed by atoms with Crippen LogP contribution in [0.4, 0.5) is 0 Å². The molecule has 2 N–H and O–H groups in total. The molecule has 2 heterocycles. The monoisotopic (exact) mass is 249 g/mol. The molecule has 0 spiro atoms. The van der Waals surface area contributed by atoms with E-state index < -0.39 is 0 Å². The van der Waals surface area contributed by atoms with Crippen LogP contribution >= 0.6 is 0 Å². The molecule has 1 saturated heterocycles. The van der Waals surface area contributed by atoms with Crippen LogP contribution in [-0.2, 0) is 0 Å². The number of hydrogen-bond donors (Lipinski definition) is 1. The van der Waals surface area contributed by atoms with Crippen LogP contribution in [0.15, 0.2) is 18.3 Å². The number of pyridine rings is 1. The van der Waals surface area contributed by atoms with Crippen molar-refractivity contribution in [3.8, 4) is 5.88 Å². The van der Waals surface area contributed by atoms with Crippen molar-refractivity contribution < 1.29 is 4.74 Å². The first-order valence-electron chi connectivity index (χ1n) is 6.61. The van der Waals surface area contributed by atoms with E-state index in [1.165, 1.54) is 5.56 Å². The summed E-state index contributed by atoms with van der Waals surface area (Å²) in [6, 6.07) is 4.49. The summed E-state index contributed by atoms with van der Waals surface area (Å²) in [5, 5.41) is 0. The van der Waals surface area contributed by atoms with Crippen molar-refractivity contribution in [2.45, 2.75) is 32.4 Å². The molecule has 1 aromatic rings. The lowest BCUT2D eigenvalue weighted by molar-refractivity contribution is 0.220. The Morgan fingerprint density at radius 1 is 1.50 bits per heavy atom. The number of nitrogens with two attached hydrogens (primary N) is 1. The summed E-state index contributed by atoms with van der Waals surface area (Å²) < 4.78 is 5.09. The van der Waals surface area contributed by atoms with E-state index in [0.29, 0.717) is 17.8 Å². The first-order chi connectivity index (χ1) is 8.61. The molecule has 0 bridgehead atoms. The van der Waals surface area contributed by atoms with Crippen LogP contribution in [0.5, 0.6) is 5.88 Å². The zero-order valence-corrected chi connectivity index (χ0v) is 11.5. The van der Waals surface area contributed by atoms with Crippen molar-refractivity contribution in [3.05, 3.63) is 23.9 Å². The first-order valence-corrected chi connectivity index (χ1v) is 6.61. The minimum Gasteiger partial charge on any atom is -0.481 e. The molecule has 0 amide bonds. The van der Waals surface area contributed by atoms with Crippen molar-refractivity contribution in [2.75, 3.05) is 20.2 Å². The Morgan fingerprint density at radius 3 is 2.83 bits per heavy atom. The molecule has 2 rings (SSSR count). The topological polar surface area (TPSA) is 51.4 Å². The molecule has 2 atom stereocenters. The van der Waals surface area contributed by atoms with E-state index >= 15 is 0 Å². The average Bonchev–Trinajstić information content (AvgIpc) is 2.70. The van der Waals surface area contributed by atoms with E-state index in [0.717, 1.165) is 19.5 Å². The molecule has 1 aliphatic heterocycles. The molecule has 4 heteroatoms. The van der Waals surface area contributed by atoms with E-state index in [2.05, 4.69) is 29.8 Å². The second-order valence-electron chi connectivity index (χ2n) is 5.42. The third-order valence-corrected chi connectivity index (χ3v) is 3.46. The molecule has 0 aliphatic carbocycles. The van der Waals surface area contributed by atoms with Gasteiger partial charge >= 0.3 is 0 Å². The van der Waals surface area contributed by atoms with Crippen molar-refractivity contribution in [1.29, 1.82) is 0 Å². The zero-order chi connectivity index (χ0) is 13.1. The largest absolute Gasteiger partial charge is 0.481 e. The Hall–Kier alpha value is -1.13. The van der Waals surface area contributed by atoms with Gasteiger partial charge in [-0.2, -0.15) is 0 Å². The number of nitrogens with zero attached hydrogens (tertiary/aromatic N) is 2. The van der Waals surface area contributed by atoms with Crippen molar-refractivity contribution in [3.63, 3.8) is 0 Å². The second kappa shape index (κ2) is 5.67. The number of rotatable bonds is 4. The third kappa shape index (κ3) is 2.82. The fourth-order valence-electron chi connectivity index (χ4n) is 2.70. The van der Waals surface area contributed by atoms with Crippen molar-refractivity contribution >= 4 is 0 Å². The van der Waals surface area contributed by atoms with Crippen LogP contribution in [0.3, 0.4) is 0 Å². The molecular formula is C14H23N3O. The molecule has 1 fully saturated rings. The summed E-state index contributed by atoms with van der Waals surface area (Å²) in [6.45, 7) is 6.65. The summed E-state index contributed by atoms with van der Waals surface area (Å²) >= 11 is 0. The second-order valence-corrected chi connectivity index (χ2v) is 5.42. The first kappa shape index (κ1) is 13.3. The maximum atomic E-state index is 6.25. The van der Waals surface area contributed by atoms with Gasteiger partial charge < -0.3 is 10.5 Å². The Morgan fingerprint density at radius 2 is 2.28 bits per heavy atom. The fourth-order valence-corrected chi connectivity index (χ4v) is 2.70. The van der Waals surface area contributed by atoms with E-state index in [4.69, 9.17) is 10.5 Å². The summed E-state index contributed by atoms with van der Waals surface area (Å²) in [5.74, 6) is 1.31. The molecular weight excluding hydrogens is 226 g/mol. The van der Waals surface area contributed by atoms with Crippen LogP contribution in [0.1, 0.15) is 31.9 Å². The molecule has 4 nitrogen and oxygen atoms in total. The van der Waals surface area contributed by atoms with Gasteiger partial charge in [-0.15, -0.1) is 0 Å². The standard InChI is InChI=1S/C14H23N3O/c1-10(2)9-17-7-6-12(15)14(17)11-4-5-13(18-3)16-8-11/h4-5,8,10,12,14H,6-7,9,15H2,1-3H3. The van der Waals surface area contributed by atoms with Crippen LogP contribution in [0.2, 0.25) is 0 Å². The number of likely N-dealkylation sites (tertiary alicyclic amines) is 1. The van der Waals surface area contributed by atoms with Crippen LogP contribution in [-0.4, -0.2) is 36.1 Å². The van der Waals surface area contributed by atoms with Gasteiger partial charge in [-0.05, 0) is 17.9 Å². The van der Waals surface area contributed by atoms with Crippen molar-refractivity contribution in [2.24, 2.45) is 11.7 Å². The van der Waals surface area contributed by atoms with Gasteiger partial charge in [0.25, 0.3) is 0 Å². The maximum Gasteiger partial charge on any atom is 0.212 e. The SMILES string of the molecule is COc1ccc(C2C(N)CCN2CC(C)C)cn1. The normalized spacial score (nSPS) is 24.7. The van der Waals surface area contributed by atoms with Gasteiger partial charge in [0.15, 0.2) is 0 Å². The molecule has 0 aromatic carbocycles. The van der Waals surface area contributed by atoms with Gasteiger partial charge in [-0.3, -0.25) is 4.90 Å². The Balaban J connectivity index is 2.16. The van der Waals surface area contributed by atoms with Crippen LogP contribution in [0, 0.1) is 5.92 Å².